The number of fused-ring (bicyclic) bond motifs is 1. The van der Waals surface area contributed by atoms with Gasteiger partial charge < -0.3 is 9.64 Å². The standard InChI is InChI=1S/C25H27N3O3/c1-19-6-12-23-26-21(16-24(29)28(23)17-19)18-31-25(30)13-9-20-7-10-22(11-8-20)27-14-4-2-3-5-15-27/h6-13,16-17H,2-5,14-15,18H2,1H3/b13-9+. The molecule has 0 unspecified atom stereocenters. The molecule has 6 heteroatoms. The van der Waals surface area contributed by atoms with E-state index in [4.69, 9.17) is 4.74 Å². The van der Waals surface area contributed by atoms with Gasteiger partial charge in [-0.25, -0.2) is 9.78 Å². The summed E-state index contributed by atoms with van der Waals surface area (Å²) in [5.41, 5.74) is 3.90. The molecule has 0 N–H and O–H groups in total. The third kappa shape index (κ3) is 5.40. The highest BCUT2D eigenvalue weighted by molar-refractivity contribution is 5.87. The minimum Gasteiger partial charge on any atom is -0.456 e. The van der Waals surface area contributed by atoms with E-state index in [1.807, 2.05) is 25.1 Å². The van der Waals surface area contributed by atoms with Crippen molar-refractivity contribution in [3.8, 4) is 0 Å². The van der Waals surface area contributed by atoms with Gasteiger partial charge in [-0.15, -0.1) is 0 Å². The van der Waals surface area contributed by atoms with E-state index in [1.165, 1.54) is 47.9 Å². The number of aryl methyl sites for hydroxylation is 1. The van der Waals surface area contributed by atoms with Crippen molar-refractivity contribution in [3.05, 3.63) is 81.9 Å². The van der Waals surface area contributed by atoms with Gasteiger partial charge in [0.15, 0.2) is 0 Å². The molecule has 0 spiro atoms. The first kappa shape index (κ1) is 20.8. The van der Waals surface area contributed by atoms with Crippen LogP contribution in [0.2, 0.25) is 0 Å². The third-order valence-electron chi connectivity index (χ3n) is 5.50. The summed E-state index contributed by atoms with van der Waals surface area (Å²) in [5, 5.41) is 0. The van der Waals surface area contributed by atoms with Crippen molar-refractivity contribution in [1.82, 2.24) is 9.38 Å². The van der Waals surface area contributed by atoms with Crippen LogP contribution in [0, 0.1) is 6.92 Å². The Morgan fingerprint density at radius 2 is 1.81 bits per heavy atom. The molecule has 0 atom stereocenters. The zero-order chi connectivity index (χ0) is 21.6. The van der Waals surface area contributed by atoms with Crippen LogP contribution in [-0.4, -0.2) is 28.4 Å². The number of carbonyl (C=O) groups is 1. The van der Waals surface area contributed by atoms with Crippen molar-refractivity contribution in [2.24, 2.45) is 0 Å². The highest BCUT2D eigenvalue weighted by Crippen LogP contribution is 2.20. The lowest BCUT2D eigenvalue weighted by atomic mass is 10.1. The molecule has 0 radical (unpaired) electrons. The van der Waals surface area contributed by atoms with E-state index in [0.717, 1.165) is 24.2 Å². The topological polar surface area (TPSA) is 63.9 Å². The summed E-state index contributed by atoms with van der Waals surface area (Å²) in [6.07, 6.45) is 9.97. The van der Waals surface area contributed by atoms with Gasteiger partial charge in [0.25, 0.3) is 5.56 Å². The number of pyridine rings is 1. The molecule has 1 aliphatic rings. The Balaban J connectivity index is 1.35. The Hall–Kier alpha value is -3.41. The summed E-state index contributed by atoms with van der Waals surface area (Å²) >= 11 is 0. The maximum Gasteiger partial charge on any atom is 0.331 e. The summed E-state index contributed by atoms with van der Waals surface area (Å²) < 4.78 is 6.75. The van der Waals surface area contributed by atoms with Crippen LogP contribution in [-0.2, 0) is 16.1 Å². The summed E-state index contributed by atoms with van der Waals surface area (Å²) in [5.74, 6) is -0.470. The van der Waals surface area contributed by atoms with Crippen LogP contribution in [0.4, 0.5) is 5.69 Å². The highest BCUT2D eigenvalue weighted by atomic mass is 16.5. The molecule has 1 aromatic carbocycles. The van der Waals surface area contributed by atoms with Gasteiger partial charge in [0.1, 0.15) is 12.3 Å². The Bertz CT molecular complexity index is 1140. The molecule has 4 rings (SSSR count). The fraction of sp³-hybridized carbons (Fsp3) is 0.320. The highest BCUT2D eigenvalue weighted by Gasteiger charge is 2.09. The fourth-order valence-corrected chi connectivity index (χ4v) is 3.81. The first-order valence-corrected chi connectivity index (χ1v) is 10.8. The van der Waals surface area contributed by atoms with Crippen LogP contribution in [0.1, 0.15) is 42.5 Å². The largest absolute Gasteiger partial charge is 0.456 e. The van der Waals surface area contributed by atoms with E-state index in [9.17, 15) is 9.59 Å². The zero-order valence-electron chi connectivity index (χ0n) is 17.8. The molecular weight excluding hydrogens is 390 g/mol. The van der Waals surface area contributed by atoms with Gasteiger partial charge in [0.2, 0.25) is 0 Å². The number of carbonyl (C=O) groups excluding carboxylic acids is 1. The Morgan fingerprint density at radius 3 is 2.55 bits per heavy atom. The van der Waals surface area contributed by atoms with Crippen LogP contribution < -0.4 is 10.5 Å². The Kier molecular flexibility index (Phi) is 6.46. The fourth-order valence-electron chi connectivity index (χ4n) is 3.81. The van der Waals surface area contributed by atoms with E-state index in [1.54, 1.807) is 18.3 Å². The van der Waals surface area contributed by atoms with Gasteiger partial charge in [0, 0.05) is 37.1 Å². The van der Waals surface area contributed by atoms with Gasteiger partial charge in [-0.1, -0.05) is 31.0 Å². The van der Waals surface area contributed by atoms with E-state index in [-0.39, 0.29) is 12.2 Å². The van der Waals surface area contributed by atoms with Crippen molar-refractivity contribution >= 4 is 23.4 Å². The molecule has 31 heavy (non-hydrogen) atoms. The van der Waals surface area contributed by atoms with Crippen molar-refractivity contribution in [2.75, 3.05) is 18.0 Å². The number of esters is 1. The number of hydrogen-bond acceptors (Lipinski definition) is 5. The van der Waals surface area contributed by atoms with Gasteiger partial charge in [-0.2, -0.15) is 0 Å². The summed E-state index contributed by atoms with van der Waals surface area (Å²) in [6.45, 7) is 4.08. The average molecular weight is 418 g/mol. The Labute approximate surface area is 181 Å². The van der Waals surface area contributed by atoms with Crippen LogP contribution in [0.5, 0.6) is 0 Å². The van der Waals surface area contributed by atoms with Gasteiger partial charge in [0.05, 0.1) is 5.69 Å². The predicted molar refractivity (Wildman–Crippen MR) is 122 cm³/mol. The quantitative estimate of drug-likeness (QED) is 0.461. The van der Waals surface area contributed by atoms with Gasteiger partial charge in [-0.05, 0) is 55.2 Å². The summed E-state index contributed by atoms with van der Waals surface area (Å²) in [7, 11) is 0. The molecule has 0 amide bonds. The van der Waals surface area contributed by atoms with Crippen molar-refractivity contribution in [2.45, 2.75) is 39.2 Å². The molecule has 0 saturated carbocycles. The van der Waals surface area contributed by atoms with Crippen LogP contribution >= 0.6 is 0 Å². The minimum absolute atomic E-state index is 0.0450. The maximum absolute atomic E-state index is 12.2. The molecule has 1 aliphatic heterocycles. The lowest BCUT2D eigenvalue weighted by Crippen LogP contribution is -2.23. The number of rotatable bonds is 5. The van der Waals surface area contributed by atoms with E-state index >= 15 is 0 Å². The summed E-state index contributed by atoms with van der Waals surface area (Å²) in [4.78, 5) is 31.2. The maximum atomic E-state index is 12.2. The molecule has 1 fully saturated rings. The average Bonchev–Trinajstić information content (AvgIpc) is 3.07. The first-order chi connectivity index (χ1) is 15.1. The lowest BCUT2D eigenvalue weighted by molar-refractivity contribution is -0.139. The minimum atomic E-state index is -0.470. The number of aromatic nitrogens is 2. The molecule has 3 aromatic rings. The van der Waals surface area contributed by atoms with Gasteiger partial charge in [-0.3, -0.25) is 9.20 Å². The normalized spacial score (nSPS) is 14.7. The molecule has 3 heterocycles. The van der Waals surface area contributed by atoms with Crippen LogP contribution in [0.15, 0.2) is 59.5 Å². The van der Waals surface area contributed by atoms with E-state index < -0.39 is 5.97 Å². The number of benzene rings is 1. The monoisotopic (exact) mass is 417 g/mol. The molecule has 1 saturated heterocycles. The number of nitrogens with zero attached hydrogens (tertiary/aromatic N) is 3. The molecule has 0 aliphatic carbocycles. The first-order valence-electron chi connectivity index (χ1n) is 10.8. The third-order valence-corrected chi connectivity index (χ3v) is 5.50. The van der Waals surface area contributed by atoms with Gasteiger partial charge >= 0.3 is 5.97 Å². The molecular formula is C25H27N3O3. The van der Waals surface area contributed by atoms with Crippen LogP contribution in [0.25, 0.3) is 11.7 Å². The molecule has 6 nitrogen and oxygen atoms in total. The summed E-state index contributed by atoms with van der Waals surface area (Å²) in [6, 6.07) is 13.3. The second-order valence-electron chi connectivity index (χ2n) is 7.95. The smallest absolute Gasteiger partial charge is 0.331 e. The lowest BCUT2D eigenvalue weighted by Gasteiger charge is -2.22. The number of ether oxygens (including phenoxy) is 1. The van der Waals surface area contributed by atoms with E-state index in [0.29, 0.717) is 11.3 Å². The number of anilines is 1. The Morgan fingerprint density at radius 1 is 1.06 bits per heavy atom. The van der Waals surface area contributed by atoms with E-state index in [2.05, 4.69) is 22.0 Å². The van der Waals surface area contributed by atoms with Crippen molar-refractivity contribution < 1.29 is 9.53 Å². The molecule has 0 bridgehead atoms. The molecule has 2 aromatic heterocycles. The second kappa shape index (κ2) is 9.60. The molecule has 160 valence electrons. The van der Waals surface area contributed by atoms with Crippen molar-refractivity contribution in [1.29, 1.82) is 0 Å². The number of hydrogen-bond donors (Lipinski definition) is 0. The SMILES string of the molecule is Cc1ccc2nc(COC(=O)/C=C/c3ccc(N4CCCCCC4)cc3)cc(=O)n2c1. The zero-order valence-corrected chi connectivity index (χ0v) is 17.8. The van der Waals surface area contributed by atoms with Crippen molar-refractivity contribution in [3.63, 3.8) is 0 Å². The predicted octanol–water partition coefficient (Wildman–Crippen LogP) is 4.14. The van der Waals surface area contributed by atoms with Crippen LogP contribution in [0.3, 0.4) is 0 Å². The second-order valence-corrected chi connectivity index (χ2v) is 7.95.